The Bertz CT molecular complexity index is 411. The van der Waals surface area contributed by atoms with Crippen molar-refractivity contribution in [2.24, 2.45) is 0 Å². The van der Waals surface area contributed by atoms with Gasteiger partial charge in [-0.3, -0.25) is 19.9 Å². The third-order valence-electron chi connectivity index (χ3n) is 2.25. The largest absolute Gasteiger partial charge is 0.481 e. The third-order valence-corrected chi connectivity index (χ3v) is 2.25. The van der Waals surface area contributed by atoms with Crippen molar-refractivity contribution < 1.29 is 14.8 Å². The smallest absolute Gasteiger partial charge is 0.304 e. The molecule has 0 spiro atoms. The first-order valence-electron chi connectivity index (χ1n) is 4.65. The summed E-state index contributed by atoms with van der Waals surface area (Å²) in [5.74, 6) is -0.926. The van der Waals surface area contributed by atoms with Gasteiger partial charge in [0.05, 0.1) is 11.3 Å². The van der Waals surface area contributed by atoms with Crippen molar-refractivity contribution in [1.82, 2.24) is 4.98 Å². The molecule has 0 unspecified atom stereocenters. The highest BCUT2D eigenvalue weighted by Crippen LogP contribution is 2.26. The van der Waals surface area contributed by atoms with E-state index >= 15 is 0 Å². The molecule has 1 aromatic heterocycles. The van der Waals surface area contributed by atoms with Gasteiger partial charge in [0, 0.05) is 17.2 Å². The van der Waals surface area contributed by atoms with Gasteiger partial charge in [-0.2, -0.15) is 0 Å². The van der Waals surface area contributed by atoms with E-state index in [0.29, 0.717) is 5.69 Å². The highest BCUT2D eigenvalue weighted by Gasteiger charge is 2.26. The Kier molecular flexibility index (Phi) is 3.22. The molecule has 0 radical (unpaired) electrons. The van der Waals surface area contributed by atoms with Gasteiger partial charge in [-0.1, -0.05) is 13.8 Å². The molecule has 6 heteroatoms. The molecule has 1 aromatic rings. The van der Waals surface area contributed by atoms with Gasteiger partial charge in [0.25, 0.3) is 5.69 Å². The molecule has 0 saturated carbocycles. The zero-order chi connectivity index (χ0) is 12.3. The summed E-state index contributed by atoms with van der Waals surface area (Å²) in [6.07, 6.45) is 1.07. The predicted octanol–water partition coefficient (Wildman–Crippen LogP) is 1.74. The molecular formula is C10H12N2O4. The fourth-order valence-corrected chi connectivity index (χ4v) is 1.36. The van der Waals surface area contributed by atoms with E-state index in [1.54, 1.807) is 13.8 Å². The van der Waals surface area contributed by atoms with Crippen LogP contribution in [0.15, 0.2) is 18.3 Å². The number of hydrogen-bond donors (Lipinski definition) is 1. The molecule has 1 rings (SSSR count). The van der Waals surface area contributed by atoms with Crippen molar-refractivity contribution in [3.05, 3.63) is 34.1 Å². The maximum absolute atomic E-state index is 10.6. The van der Waals surface area contributed by atoms with Crippen LogP contribution in [-0.4, -0.2) is 21.0 Å². The second-order valence-corrected chi connectivity index (χ2v) is 4.11. The fraction of sp³-hybridized carbons (Fsp3) is 0.400. The van der Waals surface area contributed by atoms with Crippen LogP contribution in [-0.2, 0) is 10.2 Å². The number of carboxylic acids is 1. The normalized spacial score (nSPS) is 11.1. The SMILES string of the molecule is CC(C)(CC(=O)O)c1ccc([N+](=O)[O-])cn1. The van der Waals surface area contributed by atoms with Crippen molar-refractivity contribution in [3.63, 3.8) is 0 Å². The summed E-state index contributed by atoms with van der Waals surface area (Å²) in [5, 5.41) is 19.1. The zero-order valence-electron chi connectivity index (χ0n) is 9.01. The molecule has 0 aromatic carbocycles. The summed E-state index contributed by atoms with van der Waals surface area (Å²) in [6, 6.07) is 2.81. The van der Waals surface area contributed by atoms with Crippen molar-refractivity contribution in [1.29, 1.82) is 0 Å². The van der Waals surface area contributed by atoms with E-state index in [4.69, 9.17) is 5.11 Å². The summed E-state index contributed by atoms with van der Waals surface area (Å²) >= 11 is 0. The highest BCUT2D eigenvalue weighted by molar-refractivity contribution is 5.68. The summed E-state index contributed by atoms with van der Waals surface area (Å²) in [5.41, 5.74) is -0.212. The molecule has 0 fully saturated rings. The van der Waals surface area contributed by atoms with E-state index < -0.39 is 16.3 Å². The fourth-order valence-electron chi connectivity index (χ4n) is 1.36. The van der Waals surface area contributed by atoms with Gasteiger partial charge < -0.3 is 5.11 Å². The van der Waals surface area contributed by atoms with Gasteiger partial charge in [-0.25, -0.2) is 0 Å². The molecule has 0 aliphatic rings. The van der Waals surface area contributed by atoms with Crippen LogP contribution in [0.3, 0.4) is 0 Å². The molecular weight excluding hydrogens is 212 g/mol. The van der Waals surface area contributed by atoms with Crippen molar-refractivity contribution >= 4 is 11.7 Å². The number of carbonyl (C=O) groups is 1. The van der Waals surface area contributed by atoms with Crippen LogP contribution < -0.4 is 0 Å². The summed E-state index contributed by atoms with van der Waals surface area (Å²) in [4.78, 5) is 24.4. The molecule has 0 amide bonds. The van der Waals surface area contributed by atoms with Gasteiger partial charge in [0.15, 0.2) is 0 Å². The monoisotopic (exact) mass is 224 g/mol. The second-order valence-electron chi connectivity index (χ2n) is 4.11. The van der Waals surface area contributed by atoms with E-state index in [1.807, 2.05) is 0 Å². The van der Waals surface area contributed by atoms with Crippen LogP contribution in [0.5, 0.6) is 0 Å². The molecule has 0 atom stereocenters. The maximum atomic E-state index is 10.6. The standard InChI is InChI=1S/C10H12N2O4/c1-10(2,5-9(13)14)8-4-3-7(6-11-8)12(15)16/h3-4,6H,5H2,1-2H3,(H,13,14). The number of rotatable bonds is 4. The first kappa shape index (κ1) is 12.1. The number of nitro groups is 1. The number of aromatic nitrogens is 1. The molecule has 0 aliphatic carbocycles. The highest BCUT2D eigenvalue weighted by atomic mass is 16.6. The van der Waals surface area contributed by atoms with Crippen molar-refractivity contribution in [3.8, 4) is 0 Å². The lowest BCUT2D eigenvalue weighted by Crippen LogP contribution is -2.22. The van der Waals surface area contributed by atoms with Gasteiger partial charge >= 0.3 is 5.97 Å². The quantitative estimate of drug-likeness (QED) is 0.621. The van der Waals surface area contributed by atoms with E-state index in [2.05, 4.69) is 4.98 Å². The molecule has 6 nitrogen and oxygen atoms in total. The maximum Gasteiger partial charge on any atom is 0.304 e. The predicted molar refractivity (Wildman–Crippen MR) is 56.2 cm³/mol. The minimum atomic E-state index is -0.926. The van der Waals surface area contributed by atoms with Crippen LogP contribution in [0, 0.1) is 10.1 Å². The Morgan fingerprint density at radius 1 is 1.56 bits per heavy atom. The second kappa shape index (κ2) is 4.26. The molecule has 0 bridgehead atoms. The van der Waals surface area contributed by atoms with Gasteiger partial charge in [0.1, 0.15) is 6.20 Å². The summed E-state index contributed by atoms with van der Waals surface area (Å²) < 4.78 is 0. The van der Waals surface area contributed by atoms with Gasteiger partial charge in [0.2, 0.25) is 0 Å². The van der Waals surface area contributed by atoms with E-state index in [-0.39, 0.29) is 12.1 Å². The molecule has 1 heterocycles. The lowest BCUT2D eigenvalue weighted by atomic mass is 9.85. The average molecular weight is 224 g/mol. The van der Waals surface area contributed by atoms with Crippen LogP contribution in [0.2, 0.25) is 0 Å². The lowest BCUT2D eigenvalue weighted by Gasteiger charge is -2.21. The number of nitrogens with zero attached hydrogens (tertiary/aromatic N) is 2. The Morgan fingerprint density at radius 3 is 2.56 bits per heavy atom. The first-order chi connectivity index (χ1) is 7.33. The third kappa shape index (κ3) is 2.75. The van der Waals surface area contributed by atoms with Gasteiger partial charge in [-0.15, -0.1) is 0 Å². The molecule has 1 N–H and O–H groups in total. The molecule has 16 heavy (non-hydrogen) atoms. The van der Waals surface area contributed by atoms with Crippen LogP contribution in [0.1, 0.15) is 26.0 Å². The van der Waals surface area contributed by atoms with Crippen LogP contribution in [0.25, 0.3) is 0 Å². The van der Waals surface area contributed by atoms with Crippen LogP contribution >= 0.6 is 0 Å². The van der Waals surface area contributed by atoms with E-state index in [0.717, 1.165) is 6.20 Å². The van der Waals surface area contributed by atoms with Crippen molar-refractivity contribution in [2.45, 2.75) is 25.7 Å². The number of pyridine rings is 1. The van der Waals surface area contributed by atoms with Gasteiger partial charge in [-0.05, 0) is 6.07 Å². The minimum absolute atomic E-state index is 0.0716. The molecule has 86 valence electrons. The number of aliphatic carboxylic acids is 1. The number of hydrogen-bond acceptors (Lipinski definition) is 4. The summed E-state index contributed by atoms with van der Waals surface area (Å²) in [7, 11) is 0. The minimum Gasteiger partial charge on any atom is -0.481 e. The Hall–Kier alpha value is -1.98. The number of carboxylic acid groups (broad SMARTS) is 1. The summed E-state index contributed by atoms with van der Waals surface area (Å²) in [6.45, 7) is 3.46. The average Bonchev–Trinajstić information content (AvgIpc) is 2.16. The topological polar surface area (TPSA) is 93.3 Å². The Balaban J connectivity index is 2.96. The lowest BCUT2D eigenvalue weighted by molar-refractivity contribution is -0.385. The molecule has 0 saturated heterocycles. The van der Waals surface area contributed by atoms with Crippen LogP contribution in [0.4, 0.5) is 5.69 Å². The Labute approximate surface area is 92.1 Å². The Morgan fingerprint density at radius 2 is 2.19 bits per heavy atom. The van der Waals surface area contributed by atoms with E-state index in [1.165, 1.54) is 12.1 Å². The zero-order valence-corrected chi connectivity index (χ0v) is 9.01. The van der Waals surface area contributed by atoms with Crippen molar-refractivity contribution in [2.75, 3.05) is 0 Å². The molecule has 0 aliphatic heterocycles. The van der Waals surface area contributed by atoms with E-state index in [9.17, 15) is 14.9 Å². The first-order valence-corrected chi connectivity index (χ1v) is 4.65.